The monoisotopic (exact) mass is 420 g/mol. The van der Waals surface area contributed by atoms with E-state index >= 15 is 0 Å². The second-order valence-electron chi connectivity index (χ2n) is 7.37. The molecule has 0 saturated heterocycles. The molecule has 158 valence electrons. The predicted octanol–water partition coefficient (Wildman–Crippen LogP) is 7.99. The van der Waals surface area contributed by atoms with Gasteiger partial charge in [0.05, 0.1) is 11.4 Å². The average Bonchev–Trinajstić information content (AvgIpc) is 2.82. The smallest absolute Gasteiger partial charge is 0.127 e. The van der Waals surface area contributed by atoms with Gasteiger partial charge in [-0.25, -0.2) is 0 Å². The van der Waals surface area contributed by atoms with Gasteiger partial charge in [-0.3, -0.25) is 9.98 Å². The van der Waals surface area contributed by atoms with Crippen molar-refractivity contribution in [3.05, 3.63) is 108 Å². The van der Waals surface area contributed by atoms with E-state index in [9.17, 15) is 0 Å². The Morgan fingerprint density at radius 3 is 1.03 bits per heavy atom. The molecule has 0 unspecified atom stereocenters. The first-order valence-corrected chi connectivity index (χ1v) is 10.4. The summed E-state index contributed by atoms with van der Waals surface area (Å²) in [7, 11) is 0. The van der Waals surface area contributed by atoms with Crippen molar-refractivity contribution in [1.29, 1.82) is 0 Å². The molecule has 0 spiro atoms. The van der Waals surface area contributed by atoms with E-state index in [2.05, 4.69) is 23.8 Å². The first kappa shape index (κ1) is 21.1. The van der Waals surface area contributed by atoms with E-state index in [1.54, 1.807) is 12.4 Å². The van der Waals surface area contributed by atoms with Crippen molar-refractivity contribution in [3.63, 3.8) is 0 Å². The normalized spacial score (nSPS) is 11.2. The minimum absolute atomic E-state index is 0.773. The summed E-state index contributed by atoms with van der Waals surface area (Å²) in [4.78, 5) is 8.81. The zero-order valence-corrected chi connectivity index (χ0v) is 18.1. The van der Waals surface area contributed by atoms with Crippen molar-refractivity contribution in [3.8, 4) is 23.0 Å². The summed E-state index contributed by atoms with van der Waals surface area (Å²) >= 11 is 0. The fourth-order valence-corrected chi connectivity index (χ4v) is 2.92. The van der Waals surface area contributed by atoms with E-state index < -0.39 is 0 Å². The molecular weight excluding hydrogens is 396 g/mol. The number of hydrogen-bond donors (Lipinski definition) is 0. The van der Waals surface area contributed by atoms with Crippen LogP contribution in [-0.4, -0.2) is 12.4 Å². The maximum absolute atomic E-state index is 5.84. The molecule has 0 radical (unpaired) electrons. The van der Waals surface area contributed by atoms with Crippen LogP contribution in [0.25, 0.3) is 0 Å². The molecule has 4 nitrogen and oxygen atoms in total. The number of rotatable bonds is 7. The molecule has 0 heterocycles. The molecule has 32 heavy (non-hydrogen) atoms. The van der Waals surface area contributed by atoms with E-state index in [0.29, 0.717) is 0 Å². The zero-order chi connectivity index (χ0) is 22.2. The van der Waals surface area contributed by atoms with Crippen molar-refractivity contribution in [2.45, 2.75) is 13.8 Å². The summed E-state index contributed by atoms with van der Waals surface area (Å²) in [6, 6.07) is 31.2. The quantitative estimate of drug-likeness (QED) is 0.284. The van der Waals surface area contributed by atoms with E-state index in [0.717, 1.165) is 34.4 Å². The molecule has 4 heteroatoms. The van der Waals surface area contributed by atoms with Crippen LogP contribution < -0.4 is 9.47 Å². The maximum Gasteiger partial charge on any atom is 0.127 e. The Morgan fingerprint density at radius 1 is 0.438 bits per heavy atom. The third-order valence-corrected chi connectivity index (χ3v) is 4.70. The van der Waals surface area contributed by atoms with Gasteiger partial charge in [0.1, 0.15) is 23.0 Å². The molecule has 0 bridgehead atoms. The summed E-state index contributed by atoms with van der Waals surface area (Å²) in [5.74, 6) is 3.17. The van der Waals surface area contributed by atoms with E-state index in [-0.39, 0.29) is 0 Å². The van der Waals surface area contributed by atoms with Gasteiger partial charge in [-0.2, -0.15) is 0 Å². The molecule has 0 fully saturated rings. The Labute approximate surface area is 188 Å². The Balaban J connectivity index is 1.29. The van der Waals surface area contributed by atoms with Crippen LogP contribution in [0.4, 0.5) is 11.4 Å². The summed E-state index contributed by atoms with van der Waals surface area (Å²) in [5.41, 5.74) is 4.06. The van der Waals surface area contributed by atoms with Crippen LogP contribution in [0.15, 0.2) is 107 Å². The van der Waals surface area contributed by atoms with Crippen LogP contribution >= 0.6 is 0 Å². The van der Waals surface area contributed by atoms with Crippen LogP contribution in [-0.2, 0) is 0 Å². The molecule has 4 aromatic carbocycles. The summed E-state index contributed by atoms with van der Waals surface area (Å²) in [5, 5.41) is 0. The molecule has 0 aliphatic rings. The Hall–Kier alpha value is -4.18. The molecule has 0 amide bonds. The summed E-state index contributed by atoms with van der Waals surface area (Å²) < 4.78 is 11.7. The lowest BCUT2D eigenvalue weighted by Gasteiger charge is -2.06. The highest BCUT2D eigenvalue weighted by Gasteiger charge is 1.98. The molecule has 0 atom stereocenters. The minimum atomic E-state index is 0.773. The number of ether oxygens (including phenoxy) is 2. The van der Waals surface area contributed by atoms with Gasteiger partial charge in [0.25, 0.3) is 0 Å². The molecule has 4 aromatic rings. The minimum Gasteiger partial charge on any atom is -0.457 e. The zero-order valence-electron chi connectivity index (χ0n) is 18.1. The first-order valence-electron chi connectivity index (χ1n) is 10.4. The maximum atomic E-state index is 5.84. The third kappa shape index (κ3) is 6.16. The van der Waals surface area contributed by atoms with Gasteiger partial charge < -0.3 is 9.47 Å². The highest BCUT2D eigenvalue weighted by Crippen LogP contribution is 2.25. The highest BCUT2D eigenvalue weighted by molar-refractivity contribution is 6.17. The van der Waals surface area contributed by atoms with Gasteiger partial charge in [0.2, 0.25) is 0 Å². The average molecular weight is 421 g/mol. The topological polar surface area (TPSA) is 43.2 Å². The number of hydrogen-bond acceptors (Lipinski definition) is 4. The van der Waals surface area contributed by atoms with Gasteiger partial charge in [-0.05, 0) is 86.6 Å². The highest BCUT2D eigenvalue weighted by atomic mass is 16.5. The predicted molar refractivity (Wildman–Crippen MR) is 132 cm³/mol. The van der Waals surface area contributed by atoms with Gasteiger partial charge in [-0.1, -0.05) is 35.4 Å². The van der Waals surface area contributed by atoms with Crippen molar-refractivity contribution in [2.75, 3.05) is 0 Å². The Kier molecular flexibility index (Phi) is 6.73. The second kappa shape index (κ2) is 10.2. The van der Waals surface area contributed by atoms with Gasteiger partial charge in [0, 0.05) is 12.4 Å². The van der Waals surface area contributed by atoms with Crippen molar-refractivity contribution in [1.82, 2.24) is 0 Å². The lowest BCUT2D eigenvalue weighted by molar-refractivity contribution is 0.482. The molecule has 0 saturated carbocycles. The largest absolute Gasteiger partial charge is 0.457 e. The molecule has 0 aliphatic carbocycles. The van der Waals surface area contributed by atoms with Crippen molar-refractivity contribution < 1.29 is 9.47 Å². The van der Waals surface area contributed by atoms with Gasteiger partial charge in [0.15, 0.2) is 0 Å². The fraction of sp³-hybridized carbons (Fsp3) is 0.0714. The van der Waals surface area contributed by atoms with Crippen LogP contribution in [0.3, 0.4) is 0 Å². The standard InChI is InChI=1S/C28H24N2O2/c1-21-3-11-25(12-4-21)31-27-15-7-23(8-16-27)29-19-20-30-24-9-17-28(18-10-24)32-26-13-5-22(2)6-14-26/h3-20H,1-2H3/b29-19-,30-20-. The van der Waals surface area contributed by atoms with Crippen LogP contribution in [0, 0.1) is 13.8 Å². The number of aliphatic imine (C=N–C) groups is 2. The van der Waals surface area contributed by atoms with Gasteiger partial charge >= 0.3 is 0 Å². The molecule has 4 rings (SSSR count). The third-order valence-electron chi connectivity index (χ3n) is 4.70. The van der Waals surface area contributed by atoms with Gasteiger partial charge in [-0.15, -0.1) is 0 Å². The number of benzene rings is 4. The van der Waals surface area contributed by atoms with Crippen LogP contribution in [0.1, 0.15) is 11.1 Å². The van der Waals surface area contributed by atoms with E-state index in [1.165, 1.54) is 11.1 Å². The Morgan fingerprint density at radius 2 is 0.719 bits per heavy atom. The molecular formula is C28H24N2O2. The molecule has 0 aromatic heterocycles. The molecule has 0 N–H and O–H groups in total. The lowest BCUT2D eigenvalue weighted by atomic mass is 10.2. The number of nitrogens with zero attached hydrogens (tertiary/aromatic N) is 2. The summed E-state index contributed by atoms with van der Waals surface area (Å²) in [6.07, 6.45) is 3.35. The van der Waals surface area contributed by atoms with Crippen LogP contribution in [0.2, 0.25) is 0 Å². The summed E-state index contributed by atoms with van der Waals surface area (Å²) in [6.45, 7) is 4.10. The van der Waals surface area contributed by atoms with E-state index in [4.69, 9.17) is 9.47 Å². The lowest BCUT2D eigenvalue weighted by Crippen LogP contribution is -1.84. The SMILES string of the molecule is Cc1ccc(Oc2ccc(/N=C\C=N/c3ccc(Oc4ccc(C)cc4)cc3)cc2)cc1. The van der Waals surface area contributed by atoms with Crippen molar-refractivity contribution >= 4 is 23.8 Å². The van der Waals surface area contributed by atoms with Crippen LogP contribution in [0.5, 0.6) is 23.0 Å². The second-order valence-corrected chi connectivity index (χ2v) is 7.37. The Bertz CT molecular complexity index is 1090. The fourth-order valence-electron chi connectivity index (χ4n) is 2.92. The van der Waals surface area contributed by atoms with E-state index in [1.807, 2.05) is 97.1 Å². The number of aryl methyl sites for hydroxylation is 2. The first-order chi connectivity index (χ1) is 15.6. The van der Waals surface area contributed by atoms with Crippen molar-refractivity contribution in [2.24, 2.45) is 9.98 Å². The molecule has 0 aliphatic heterocycles.